The first-order valence-corrected chi connectivity index (χ1v) is 4.96. The molecule has 0 aliphatic rings. The largest absolute Gasteiger partial charge is 0.287 e. The van der Waals surface area contributed by atoms with Crippen LogP contribution in [-0.2, 0) is 0 Å². The highest BCUT2D eigenvalue weighted by atomic mass is 79.9. The number of benzene rings is 1. The number of carbonyl (C=O) groups is 1. The van der Waals surface area contributed by atoms with E-state index in [4.69, 9.17) is 0 Å². The maximum absolute atomic E-state index is 13.1. The third-order valence-corrected chi connectivity index (χ3v) is 2.72. The molecule has 4 nitrogen and oxygen atoms in total. The first-order valence-electron chi connectivity index (χ1n) is 3.38. The standard InChI is InChI=1S/C7HBr2F2NO3/c8-4-3(12(14)15)1-2(7(9)13)5(10)6(4)11/h1H. The number of hydrogen-bond acceptors (Lipinski definition) is 3. The first kappa shape index (κ1) is 12.2. The normalized spacial score (nSPS) is 10.1. The summed E-state index contributed by atoms with van der Waals surface area (Å²) in [5.74, 6) is -2.90. The Morgan fingerprint density at radius 1 is 1.40 bits per heavy atom. The molecule has 0 amide bonds. The third kappa shape index (κ3) is 2.20. The van der Waals surface area contributed by atoms with E-state index in [1.165, 1.54) is 0 Å². The molecule has 8 heteroatoms. The third-order valence-electron chi connectivity index (χ3n) is 1.54. The summed E-state index contributed by atoms with van der Waals surface area (Å²) >= 11 is 4.92. The molecular weight excluding hydrogens is 344 g/mol. The van der Waals surface area contributed by atoms with Gasteiger partial charge in [0.1, 0.15) is 4.47 Å². The lowest BCUT2D eigenvalue weighted by Crippen LogP contribution is -2.02. The molecule has 0 unspecified atom stereocenters. The molecule has 0 radical (unpaired) electrons. The second-order valence-electron chi connectivity index (χ2n) is 2.42. The zero-order valence-corrected chi connectivity index (χ0v) is 9.93. The van der Waals surface area contributed by atoms with E-state index >= 15 is 0 Å². The van der Waals surface area contributed by atoms with Crippen molar-refractivity contribution < 1.29 is 18.5 Å². The minimum Gasteiger partial charge on any atom is -0.281 e. The molecular formula is C7HBr2F2NO3. The fraction of sp³-hybridized carbons (Fsp3) is 0. The predicted molar refractivity (Wildman–Crippen MR) is 54.0 cm³/mol. The SMILES string of the molecule is O=C(Br)c1cc([N+](=O)[O-])c(Br)c(F)c1F. The highest BCUT2D eigenvalue weighted by molar-refractivity contribution is 9.18. The monoisotopic (exact) mass is 343 g/mol. The molecule has 0 aromatic heterocycles. The van der Waals surface area contributed by atoms with Gasteiger partial charge in [-0.25, -0.2) is 8.78 Å². The fourth-order valence-electron chi connectivity index (χ4n) is 0.866. The molecule has 0 aliphatic heterocycles. The number of nitrogens with zero attached hydrogens (tertiary/aromatic N) is 1. The summed E-state index contributed by atoms with van der Waals surface area (Å²) in [5, 5.41) is 10.4. The van der Waals surface area contributed by atoms with E-state index < -0.39 is 37.0 Å². The van der Waals surface area contributed by atoms with Gasteiger partial charge in [0.2, 0.25) is 4.69 Å². The summed E-state index contributed by atoms with van der Waals surface area (Å²) in [4.78, 5) is 20.3. The van der Waals surface area contributed by atoms with Gasteiger partial charge >= 0.3 is 0 Å². The summed E-state index contributed by atoms with van der Waals surface area (Å²) in [6.07, 6.45) is 0. The summed E-state index contributed by atoms with van der Waals surface area (Å²) in [6.45, 7) is 0. The number of rotatable bonds is 2. The van der Waals surface area contributed by atoms with Crippen LogP contribution in [0.1, 0.15) is 10.4 Å². The van der Waals surface area contributed by atoms with E-state index in [1.54, 1.807) is 0 Å². The van der Waals surface area contributed by atoms with Crippen molar-refractivity contribution >= 4 is 42.2 Å². The zero-order valence-electron chi connectivity index (χ0n) is 6.76. The molecule has 0 heterocycles. The van der Waals surface area contributed by atoms with Crippen LogP contribution in [-0.4, -0.2) is 9.62 Å². The zero-order chi connectivity index (χ0) is 11.7. The Labute approximate surface area is 98.7 Å². The van der Waals surface area contributed by atoms with Gasteiger partial charge in [0.25, 0.3) is 5.69 Å². The molecule has 0 bridgehead atoms. The molecule has 0 fully saturated rings. The highest BCUT2D eigenvalue weighted by Crippen LogP contribution is 2.32. The van der Waals surface area contributed by atoms with Crippen molar-refractivity contribution in [1.82, 2.24) is 0 Å². The van der Waals surface area contributed by atoms with Crippen LogP contribution in [0.4, 0.5) is 14.5 Å². The van der Waals surface area contributed by atoms with Crippen molar-refractivity contribution in [3.63, 3.8) is 0 Å². The molecule has 80 valence electrons. The van der Waals surface area contributed by atoms with Crippen molar-refractivity contribution in [3.8, 4) is 0 Å². The number of carbonyl (C=O) groups excluding carboxylic acids is 1. The highest BCUT2D eigenvalue weighted by Gasteiger charge is 2.25. The molecule has 1 aromatic carbocycles. The minimum atomic E-state index is -1.47. The molecule has 1 aromatic rings. The van der Waals surface area contributed by atoms with Gasteiger partial charge in [-0.3, -0.25) is 14.9 Å². The lowest BCUT2D eigenvalue weighted by atomic mass is 10.2. The summed E-state index contributed by atoms with van der Waals surface area (Å²) < 4.78 is 24.6. The van der Waals surface area contributed by atoms with E-state index in [1.807, 2.05) is 0 Å². The number of hydrogen-bond donors (Lipinski definition) is 0. The quantitative estimate of drug-likeness (QED) is 0.358. The van der Waals surface area contributed by atoms with E-state index in [2.05, 4.69) is 31.9 Å². The van der Waals surface area contributed by atoms with Crippen LogP contribution in [0, 0.1) is 21.7 Å². The number of nitro benzene ring substituents is 1. The van der Waals surface area contributed by atoms with Crippen LogP contribution in [0.3, 0.4) is 0 Å². The molecule has 0 aliphatic carbocycles. The summed E-state index contributed by atoms with van der Waals surface area (Å²) in [7, 11) is 0. The van der Waals surface area contributed by atoms with Crippen molar-refractivity contribution in [2.24, 2.45) is 0 Å². The van der Waals surface area contributed by atoms with Gasteiger partial charge in [-0.05, 0) is 31.9 Å². The van der Waals surface area contributed by atoms with Gasteiger partial charge in [-0.15, -0.1) is 0 Å². The molecule has 1 rings (SSSR count). The van der Waals surface area contributed by atoms with Gasteiger partial charge in [0.15, 0.2) is 11.6 Å². The average Bonchev–Trinajstić information content (AvgIpc) is 2.13. The van der Waals surface area contributed by atoms with Gasteiger partial charge in [0, 0.05) is 6.07 Å². The van der Waals surface area contributed by atoms with Crippen LogP contribution in [0.25, 0.3) is 0 Å². The van der Waals surface area contributed by atoms with E-state index in [0.29, 0.717) is 6.07 Å². The molecule has 0 saturated heterocycles. The minimum absolute atomic E-state index is 0.623. The molecule has 0 spiro atoms. The molecule has 0 N–H and O–H groups in total. The van der Waals surface area contributed by atoms with E-state index in [-0.39, 0.29) is 0 Å². The predicted octanol–water partition coefficient (Wildman–Crippen LogP) is 3.17. The topological polar surface area (TPSA) is 60.2 Å². The second kappa shape index (κ2) is 4.31. The Morgan fingerprint density at radius 3 is 2.33 bits per heavy atom. The van der Waals surface area contributed by atoms with Crippen LogP contribution in [0.15, 0.2) is 10.5 Å². The Hall–Kier alpha value is -0.890. The lowest BCUT2D eigenvalue weighted by molar-refractivity contribution is -0.385. The first-order chi connectivity index (χ1) is 6.86. The second-order valence-corrected chi connectivity index (χ2v) is 3.93. The van der Waals surface area contributed by atoms with Crippen LogP contribution in [0.5, 0.6) is 0 Å². The number of nitro groups is 1. The van der Waals surface area contributed by atoms with E-state index in [0.717, 1.165) is 0 Å². The van der Waals surface area contributed by atoms with Gasteiger partial charge in [-0.1, -0.05) is 0 Å². The lowest BCUT2D eigenvalue weighted by Gasteiger charge is -2.02. The van der Waals surface area contributed by atoms with Crippen molar-refractivity contribution in [1.29, 1.82) is 0 Å². The Bertz CT molecular complexity index is 426. The Kier molecular flexibility index (Phi) is 3.50. The van der Waals surface area contributed by atoms with Crippen molar-refractivity contribution in [2.45, 2.75) is 0 Å². The smallest absolute Gasteiger partial charge is 0.281 e. The molecule has 0 atom stereocenters. The van der Waals surface area contributed by atoms with Crippen LogP contribution >= 0.6 is 31.9 Å². The maximum atomic E-state index is 13.1. The Morgan fingerprint density at radius 2 is 1.93 bits per heavy atom. The van der Waals surface area contributed by atoms with Crippen molar-refractivity contribution in [2.75, 3.05) is 0 Å². The van der Waals surface area contributed by atoms with E-state index in [9.17, 15) is 23.7 Å². The van der Waals surface area contributed by atoms with Crippen LogP contribution < -0.4 is 0 Å². The van der Waals surface area contributed by atoms with Gasteiger partial charge in [-0.2, -0.15) is 0 Å². The van der Waals surface area contributed by atoms with Crippen LogP contribution in [0.2, 0.25) is 0 Å². The molecule has 0 saturated carbocycles. The van der Waals surface area contributed by atoms with Gasteiger partial charge in [0.05, 0.1) is 10.5 Å². The number of halogens is 4. The van der Waals surface area contributed by atoms with Gasteiger partial charge < -0.3 is 0 Å². The Balaban J connectivity index is 3.59. The average molecular weight is 345 g/mol. The fourth-order valence-corrected chi connectivity index (χ4v) is 1.59. The molecule has 15 heavy (non-hydrogen) atoms. The maximum Gasteiger partial charge on any atom is 0.287 e. The van der Waals surface area contributed by atoms with Crippen molar-refractivity contribution in [3.05, 3.63) is 37.9 Å². The summed E-state index contributed by atoms with van der Waals surface area (Å²) in [5.41, 5.74) is -1.43. The summed E-state index contributed by atoms with van der Waals surface area (Å²) in [6, 6.07) is 0.652.